The Balaban J connectivity index is 0.587. The molecule has 0 saturated carbocycles. The summed E-state index contributed by atoms with van der Waals surface area (Å²) in [7, 11) is 0. The molecule has 0 spiro atoms. The van der Waals surface area contributed by atoms with Gasteiger partial charge in [0.05, 0.1) is 37.7 Å². The monoisotopic (exact) mass is 1250 g/mol. The maximum atomic E-state index is 14.3. The molecule has 0 radical (unpaired) electrons. The average molecular weight is 1250 g/mol. The van der Waals surface area contributed by atoms with E-state index in [9.17, 15) is 37.5 Å². The van der Waals surface area contributed by atoms with Crippen LogP contribution in [-0.4, -0.2) is 208 Å². The van der Waals surface area contributed by atoms with E-state index >= 15 is 0 Å². The number of morpholine rings is 2. The van der Waals surface area contributed by atoms with Gasteiger partial charge in [0.25, 0.3) is 11.1 Å². The van der Waals surface area contributed by atoms with Gasteiger partial charge in [-0.15, -0.1) is 0 Å². The van der Waals surface area contributed by atoms with E-state index in [0.717, 1.165) is 73.9 Å². The number of hydrogen-bond donors (Lipinski definition) is 6. The van der Waals surface area contributed by atoms with E-state index < -0.39 is 23.0 Å². The summed E-state index contributed by atoms with van der Waals surface area (Å²) >= 11 is 0. The molecule has 6 aliphatic heterocycles. The Morgan fingerprint density at radius 2 is 0.933 bits per heavy atom. The highest BCUT2D eigenvalue weighted by atomic mass is 19.1. The summed E-state index contributed by atoms with van der Waals surface area (Å²) in [4.78, 5) is 101. The number of unbranched alkanes of at least 4 members (excludes halogenated alkanes) is 7. The van der Waals surface area contributed by atoms with E-state index in [1.54, 1.807) is 24.3 Å². The maximum Gasteiger partial charge on any atom is 0.251 e. The molecule has 4 amide bonds. The van der Waals surface area contributed by atoms with Crippen molar-refractivity contribution in [2.45, 2.75) is 153 Å². The van der Waals surface area contributed by atoms with Crippen LogP contribution in [0.4, 0.5) is 20.2 Å². The lowest BCUT2D eigenvalue weighted by Crippen LogP contribution is -2.62. The molecule has 0 bridgehead atoms. The Morgan fingerprint density at radius 1 is 0.556 bits per heavy atom. The smallest absolute Gasteiger partial charge is 0.251 e. The Kier molecular flexibility index (Phi) is 22.2. The Hall–Kier alpha value is -6.24. The van der Waals surface area contributed by atoms with E-state index in [-0.39, 0.29) is 83.6 Å². The van der Waals surface area contributed by atoms with Crippen molar-refractivity contribution in [1.29, 1.82) is 0 Å². The second-order valence-electron chi connectivity index (χ2n) is 27.5. The highest BCUT2D eigenvalue weighted by Crippen LogP contribution is 2.41. The predicted octanol–water partition coefficient (Wildman–Crippen LogP) is 4.55. The highest BCUT2D eigenvalue weighted by Gasteiger charge is 2.43. The quantitative estimate of drug-likeness (QED) is 0.0502. The molecule has 10 rings (SSSR count). The van der Waals surface area contributed by atoms with Crippen LogP contribution < -0.4 is 42.2 Å². The van der Waals surface area contributed by atoms with Crippen LogP contribution in [0.2, 0.25) is 0 Å². The van der Waals surface area contributed by atoms with Crippen LogP contribution in [-0.2, 0) is 52.3 Å². The lowest BCUT2D eigenvalue weighted by atomic mass is 9.91. The zero-order valence-electron chi connectivity index (χ0n) is 53.7. The van der Waals surface area contributed by atoms with Crippen LogP contribution in [0.5, 0.6) is 0 Å². The minimum atomic E-state index is -0.567. The van der Waals surface area contributed by atoms with E-state index in [2.05, 4.69) is 64.7 Å². The van der Waals surface area contributed by atoms with Crippen molar-refractivity contribution in [3.8, 4) is 0 Å². The van der Waals surface area contributed by atoms with Crippen molar-refractivity contribution < 1.29 is 37.4 Å². The largest absolute Gasteiger partial charge is 0.366 e. The lowest BCUT2D eigenvalue weighted by Gasteiger charge is -2.43. The van der Waals surface area contributed by atoms with Crippen LogP contribution in [0.1, 0.15) is 127 Å². The Bertz CT molecular complexity index is 3040. The third kappa shape index (κ3) is 17.1. The number of ether oxygens (including phenoxy) is 2. The number of carbonyl (C=O) groups is 4. The minimum absolute atomic E-state index is 0.0327. The topological polar surface area (TPSA) is 220 Å². The number of anilines is 2. The average Bonchev–Trinajstić information content (AvgIpc) is 1.61. The number of rotatable bonds is 25. The third-order valence-corrected chi connectivity index (χ3v) is 19.1. The number of aromatic nitrogens is 2. The molecule has 0 unspecified atom stereocenters. The summed E-state index contributed by atoms with van der Waals surface area (Å²) in [6, 6.07) is 16.4. The van der Waals surface area contributed by atoms with E-state index in [4.69, 9.17) is 9.47 Å². The van der Waals surface area contributed by atoms with Crippen LogP contribution in [0.3, 0.4) is 0 Å². The number of fused-ring (bicyclic) bond motifs is 2. The van der Waals surface area contributed by atoms with Crippen molar-refractivity contribution in [2.24, 2.45) is 0 Å². The molecule has 2 aromatic heterocycles. The first-order valence-electron chi connectivity index (χ1n) is 33.0. The molecule has 490 valence electrons. The number of pyridine rings is 2. The number of nitrogens with zero attached hydrogens (tertiary/aromatic N) is 6. The molecule has 6 atom stereocenters. The van der Waals surface area contributed by atoms with Gasteiger partial charge in [-0.1, -0.05) is 90.5 Å². The van der Waals surface area contributed by atoms with Crippen LogP contribution in [0.15, 0.2) is 70.3 Å². The molecular weight excluding hydrogens is 1150 g/mol. The number of nitrogens with one attached hydrogen (secondary N) is 6. The number of halogens is 2. The summed E-state index contributed by atoms with van der Waals surface area (Å²) in [6.45, 7) is 22.3. The summed E-state index contributed by atoms with van der Waals surface area (Å²) in [5.74, 6) is -0.924. The number of hydrogen-bond acceptors (Lipinski definition) is 14. The van der Waals surface area contributed by atoms with Gasteiger partial charge in [0.2, 0.25) is 23.6 Å². The van der Waals surface area contributed by atoms with E-state index in [1.165, 1.54) is 24.3 Å². The number of carbonyl (C=O) groups excluding carboxylic acids is 4. The van der Waals surface area contributed by atoms with Gasteiger partial charge in [-0.25, -0.2) is 8.78 Å². The van der Waals surface area contributed by atoms with Gasteiger partial charge in [-0.05, 0) is 74.2 Å². The van der Waals surface area contributed by atoms with Gasteiger partial charge in [0, 0.05) is 162 Å². The number of H-pyrrole nitrogens is 2. The molecule has 4 saturated heterocycles. The normalized spacial score (nSPS) is 23.8. The number of piperazine rings is 2. The van der Waals surface area contributed by atoms with Gasteiger partial charge < -0.3 is 50.5 Å². The van der Waals surface area contributed by atoms with Crippen molar-refractivity contribution >= 4 is 35.0 Å². The summed E-state index contributed by atoms with van der Waals surface area (Å²) in [6.07, 6.45) is 7.74. The van der Waals surface area contributed by atoms with Gasteiger partial charge in [0.1, 0.15) is 23.8 Å². The SMILES string of the molecule is C[C@@H]1CN(CC(=O)N2CC(C)(C)c3[nH]c(=O)c(Cc4ccc(F)cc4)cc32)[C@@H](CN2CCO[C@H](C(=O)NCCCCCCCCCCNC(=O)[C@@H]3CN(C[C@H]4CN[C@H](C)CN4CC(=O)N4CC(C)(C)c5[nH]c(=O)c(Cc6ccc(F)cc6)cc54)CCO3)C2)CN1. The summed E-state index contributed by atoms with van der Waals surface area (Å²) in [5, 5.41) is 13.4. The maximum absolute atomic E-state index is 14.3. The fourth-order valence-corrected chi connectivity index (χ4v) is 14.0. The first kappa shape index (κ1) is 66.7. The fraction of sp³-hybridized carbons (Fsp3) is 0.618. The van der Waals surface area contributed by atoms with E-state index in [0.29, 0.717) is 140 Å². The standard InChI is InChI=1S/C68H96F2N12O8/c1-45-35-79(41-59(83)81-43-67(3,4)61-55(81)31-49(63(85)75-61)29-47-15-19-51(69)20-16-47)53(33-73-45)37-77-25-27-89-57(39-77)65(87)71-23-13-11-9-7-8-10-12-14-24-72-66(88)58-40-78(26-28-90-58)38-54-34-74-46(2)36-80(54)42-60(84)82-44-68(5,6)62-56(82)32-50(64(86)76-62)30-48-17-21-52(70)22-18-48/h15-22,31-32,45-46,53-54,57-58,73-74H,7-14,23-30,33-44H2,1-6H3,(H,71,87)(H,72,88)(H,75,85)(H,76,86)/t45-,46-,53-,54-,57+,58+/m1/s1. The molecule has 0 aliphatic carbocycles. The third-order valence-electron chi connectivity index (χ3n) is 19.1. The molecule has 4 aromatic rings. The molecule has 20 nitrogen and oxygen atoms in total. The highest BCUT2D eigenvalue weighted by molar-refractivity contribution is 5.98. The van der Waals surface area contributed by atoms with Gasteiger partial charge >= 0.3 is 0 Å². The first-order valence-corrected chi connectivity index (χ1v) is 33.0. The molecule has 4 fully saturated rings. The predicted molar refractivity (Wildman–Crippen MR) is 344 cm³/mol. The minimum Gasteiger partial charge on any atom is -0.366 e. The number of benzene rings is 2. The first-order chi connectivity index (χ1) is 43.2. The molecule has 6 aliphatic rings. The zero-order valence-corrected chi connectivity index (χ0v) is 53.7. The number of aromatic amines is 2. The Labute approximate surface area is 528 Å². The van der Waals surface area contributed by atoms with Crippen molar-refractivity contribution in [2.75, 3.05) is 128 Å². The lowest BCUT2D eigenvalue weighted by molar-refractivity contribution is -0.139. The van der Waals surface area contributed by atoms with Gasteiger partial charge in [-0.2, -0.15) is 0 Å². The second kappa shape index (κ2) is 30.0. The molecule has 22 heteroatoms. The van der Waals surface area contributed by atoms with Gasteiger partial charge in [-0.3, -0.25) is 48.4 Å². The second-order valence-corrected chi connectivity index (χ2v) is 27.5. The fourth-order valence-electron chi connectivity index (χ4n) is 14.0. The molecule has 6 N–H and O–H groups in total. The van der Waals surface area contributed by atoms with Crippen molar-refractivity contribution in [1.82, 2.24) is 50.8 Å². The zero-order chi connectivity index (χ0) is 63.7. The van der Waals surface area contributed by atoms with Crippen LogP contribution in [0, 0.1) is 11.6 Å². The molecule has 2 aromatic carbocycles. The molecular formula is C68H96F2N12O8. The summed E-state index contributed by atoms with van der Waals surface area (Å²) < 4.78 is 39.3. The van der Waals surface area contributed by atoms with E-state index in [1.807, 2.05) is 49.6 Å². The Morgan fingerprint density at radius 3 is 1.32 bits per heavy atom. The van der Waals surface area contributed by atoms with Crippen LogP contribution >= 0.6 is 0 Å². The van der Waals surface area contributed by atoms with Crippen molar-refractivity contribution in [3.05, 3.63) is 127 Å². The summed E-state index contributed by atoms with van der Waals surface area (Å²) in [5.41, 5.74) is 4.28. The van der Waals surface area contributed by atoms with Gasteiger partial charge in [0.15, 0.2) is 0 Å². The molecule has 90 heavy (non-hydrogen) atoms. The van der Waals surface area contributed by atoms with Crippen molar-refractivity contribution in [3.63, 3.8) is 0 Å². The van der Waals surface area contributed by atoms with Crippen LogP contribution in [0.25, 0.3) is 0 Å². The number of amides is 4. The molecule has 8 heterocycles.